The number of phenols is 1. The lowest BCUT2D eigenvalue weighted by molar-refractivity contribution is -0.0556. The first-order chi connectivity index (χ1) is 15.3. The normalized spacial score (nSPS) is 17.5. The standard InChI is InChI=1S/C23H25F2N3O4/c1-13(15-4-3-5-16(8-15)23(24,25)12-29)26-22-18-9-21(32-17-6-7-31-11-17)20(30)10-19(18)27-14(2)28-22/h3-5,8-10,13,17,29-30H,6-7,11-12H2,1-2H3,(H,26,27,28)/t13-,17?/m1/s1. The van der Waals surface area contributed by atoms with Crippen molar-refractivity contribution in [1.82, 2.24) is 9.97 Å². The molecule has 9 heteroatoms. The molecule has 32 heavy (non-hydrogen) atoms. The van der Waals surface area contributed by atoms with Crippen molar-refractivity contribution in [1.29, 1.82) is 0 Å². The number of rotatable bonds is 7. The van der Waals surface area contributed by atoms with Gasteiger partial charge in [-0.15, -0.1) is 0 Å². The van der Waals surface area contributed by atoms with Crippen molar-refractivity contribution in [3.63, 3.8) is 0 Å². The minimum atomic E-state index is -3.32. The zero-order valence-electron chi connectivity index (χ0n) is 17.8. The van der Waals surface area contributed by atoms with Crippen LogP contribution in [0.15, 0.2) is 36.4 Å². The highest BCUT2D eigenvalue weighted by Gasteiger charge is 2.31. The summed E-state index contributed by atoms with van der Waals surface area (Å²) in [5.74, 6) is -2.06. The number of aromatic nitrogens is 2. The number of aliphatic hydroxyl groups is 1. The second-order valence-corrected chi connectivity index (χ2v) is 7.91. The van der Waals surface area contributed by atoms with Crippen molar-refractivity contribution in [2.24, 2.45) is 0 Å². The molecule has 1 saturated heterocycles. The third kappa shape index (κ3) is 4.58. The van der Waals surface area contributed by atoms with Crippen LogP contribution in [-0.2, 0) is 10.7 Å². The van der Waals surface area contributed by atoms with E-state index in [2.05, 4.69) is 15.3 Å². The SMILES string of the molecule is Cc1nc(N[C@H](C)c2cccc(C(F)(F)CO)c2)c2cc(OC3CCOC3)c(O)cc2n1. The van der Waals surface area contributed by atoms with E-state index in [-0.39, 0.29) is 23.5 Å². The molecule has 1 fully saturated rings. The van der Waals surface area contributed by atoms with Crippen molar-refractivity contribution in [2.45, 2.75) is 38.3 Å². The molecule has 4 rings (SSSR count). The van der Waals surface area contributed by atoms with Crippen LogP contribution in [0.4, 0.5) is 14.6 Å². The van der Waals surface area contributed by atoms with Gasteiger partial charge < -0.3 is 25.0 Å². The molecule has 170 valence electrons. The van der Waals surface area contributed by atoms with E-state index in [1.54, 1.807) is 19.1 Å². The number of fused-ring (bicyclic) bond motifs is 1. The van der Waals surface area contributed by atoms with Gasteiger partial charge in [-0.1, -0.05) is 18.2 Å². The van der Waals surface area contributed by atoms with Crippen molar-refractivity contribution in [3.05, 3.63) is 53.3 Å². The molecule has 2 aromatic carbocycles. The number of halogens is 2. The fraction of sp³-hybridized carbons (Fsp3) is 0.391. The number of anilines is 1. The summed E-state index contributed by atoms with van der Waals surface area (Å²) < 4.78 is 39.1. The van der Waals surface area contributed by atoms with E-state index >= 15 is 0 Å². The molecule has 0 bridgehead atoms. The molecule has 0 saturated carbocycles. The van der Waals surface area contributed by atoms with Gasteiger partial charge in [0.15, 0.2) is 11.5 Å². The molecule has 1 aromatic heterocycles. The molecule has 0 aliphatic carbocycles. The molecule has 0 spiro atoms. The molecule has 2 atom stereocenters. The second-order valence-electron chi connectivity index (χ2n) is 7.91. The van der Waals surface area contributed by atoms with Gasteiger partial charge >= 0.3 is 0 Å². The lowest BCUT2D eigenvalue weighted by Crippen LogP contribution is -2.19. The largest absolute Gasteiger partial charge is 0.504 e. The summed E-state index contributed by atoms with van der Waals surface area (Å²) in [5.41, 5.74) is 0.882. The second kappa shape index (κ2) is 8.84. The third-order valence-corrected chi connectivity index (χ3v) is 5.43. The Morgan fingerprint density at radius 1 is 1.28 bits per heavy atom. The zero-order valence-corrected chi connectivity index (χ0v) is 17.8. The van der Waals surface area contributed by atoms with Gasteiger partial charge in [-0.25, -0.2) is 9.97 Å². The van der Waals surface area contributed by atoms with E-state index in [1.165, 1.54) is 24.3 Å². The molecule has 1 aliphatic heterocycles. The fourth-order valence-electron chi connectivity index (χ4n) is 3.67. The maximum Gasteiger partial charge on any atom is 0.295 e. The van der Waals surface area contributed by atoms with Gasteiger partial charge in [-0.3, -0.25) is 0 Å². The highest BCUT2D eigenvalue weighted by molar-refractivity contribution is 5.91. The molecule has 7 nitrogen and oxygen atoms in total. The number of phenolic OH excluding ortho intramolecular Hbond substituents is 1. The maximum atomic E-state index is 13.9. The van der Waals surface area contributed by atoms with E-state index in [0.717, 1.165) is 6.42 Å². The number of aromatic hydroxyl groups is 1. The molecule has 1 aliphatic rings. The fourth-order valence-corrected chi connectivity index (χ4v) is 3.67. The minimum absolute atomic E-state index is 0.0274. The monoisotopic (exact) mass is 445 g/mol. The first-order valence-electron chi connectivity index (χ1n) is 10.4. The van der Waals surface area contributed by atoms with E-state index in [4.69, 9.17) is 14.6 Å². The molecule has 2 heterocycles. The Morgan fingerprint density at radius 2 is 2.09 bits per heavy atom. The van der Waals surface area contributed by atoms with Crippen molar-refractivity contribution >= 4 is 16.7 Å². The number of benzene rings is 2. The van der Waals surface area contributed by atoms with Gasteiger partial charge in [0.2, 0.25) is 0 Å². The Morgan fingerprint density at radius 3 is 2.81 bits per heavy atom. The molecule has 3 N–H and O–H groups in total. The number of nitrogens with one attached hydrogen (secondary N) is 1. The van der Waals surface area contributed by atoms with E-state index < -0.39 is 12.5 Å². The molecule has 0 radical (unpaired) electrons. The number of alkyl halides is 2. The van der Waals surface area contributed by atoms with Gasteiger partial charge in [-0.2, -0.15) is 8.78 Å². The topological polar surface area (TPSA) is 96.7 Å². The number of hydrogen-bond donors (Lipinski definition) is 3. The lowest BCUT2D eigenvalue weighted by Gasteiger charge is -2.20. The molecular formula is C23H25F2N3O4. The quantitative estimate of drug-likeness (QED) is 0.504. The van der Waals surface area contributed by atoms with Crippen LogP contribution < -0.4 is 10.1 Å². The van der Waals surface area contributed by atoms with Gasteiger partial charge in [0.05, 0.1) is 18.7 Å². The van der Waals surface area contributed by atoms with Gasteiger partial charge in [-0.05, 0) is 31.5 Å². The van der Waals surface area contributed by atoms with Crippen molar-refractivity contribution < 1.29 is 28.5 Å². The Kier molecular flexibility index (Phi) is 6.12. The van der Waals surface area contributed by atoms with Gasteiger partial charge in [0.25, 0.3) is 5.92 Å². The highest BCUT2D eigenvalue weighted by Crippen LogP contribution is 2.36. The predicted octanol–water partition coefficient (Wildman–Crippen LogP) is 4.07. The van der Waals surface area contributed by atoms with Gasteiger partial charge in [0, 0.05) is 29.5 Å². The number of aliphatic hydroxyl groups excluding tert-OH is 1. The summed E-state index contributed by atoms with van der Waals surface area (Å²) in [5, 5.41) is 23.3. The van der Waals surface area contributed by atoms with E-state index in [0.29, 0.717) is 47.1 Å². The number of hydrogen-bond acceptors (Lipinski definition) is 7. The lowest BCUT2D eigenvalue weighted by atomic mass is 10.0. The minimum Gasteiger partial charge on any atom is -0.504 e. The molecular weight excluding hydrogens is 420 g/mol. The van der Waals surface area contributed by atoms with Crippen molar-refractivity contribution in [2.75, 3.05) is 25.1 Å². The number of aryl methyl sites for hydroxylation is 1. The number of nitrogens with zero attached hydrogens (tertiary/aromatic N) is 2. The Labute approximate surface area is 184 Å². The summed E-state index contributed by atoms with van der Waals surface area (Å²) in [6, 6.07) is 8.74. The summed E-state index contributed by atoms with van der Waals surface area (Å²) >= 11 is 0. The van der Waals surface area contributed by atoms with Crippen molar-refractivity contribution in [3.8, 4) is 11.5 Å². The molecule has 3 aromatic rings. The Hall–Kier alpha value is -3.04. The Balaban J connectivity index is 1.66. The summed E-state index contributed by atoms with van der Waals surface area (Å²) in [7, 11) is 0. The molecule has 1 unspecified atom stereocenters. The van der Waals surface area contributed by atoms with Crippen LogP contribution in [-0.4, -0.2) is 46.1 Å². The summed E-state index contributed by atoms with van der Waals surface area (Å²) in [4.78, 5) is 8.87. The summed E-state index contributed by atoms with van der Waals surface area (Å²) in [6.07, 6.45) is 0.592. The Bertz CT molecular complexity index is 1120. The van der Waals surface area contributed by atoms with Crippen LogP contribution in [0.3, 0.4) is 0 Å². The van der Waals surface area contributed by atoms with Crippen LogP contribution in [0, 0.1) is 6.92 Å². The average molecular weight is 445 g/mol. The molecule has 0 amide bonds. The van der Waals surface area contributed by atoms with Crippen LogP contribution in [0.1, 0.15) is 36.3 Å². The first-order valence-corrected chi connectivity index (χ1v) is 10.4. The van der Waals surface area contributed by atoms with Crippen LogP contribution >= 0.6 is 0 Å². The zero-order chi connectivity index (χ0) is 22.9. The smallest absolute Gasteiger partial charge is 0.295 e. The highest BCUT2D eigenvalue weighted by atomic mass is 19.3. The van der Waals surface area contributed by atoms with Crippen LogP contribution in [0.5, 0.6) is 11.5 Å². The average Bonchev–Trinajstić information content (AvgIpc) is 3.28. The van der Waals surface area contributed by atoms with Crippen LogP contribution in [0.25, 0.3) is 10.9 Å². The number of ether oxygens (including phenoxy) is 2. The van der Waals surface area contributed by atoms with E-state index in [9.17, 15) is 13.9 Å². The van der Waals surface area contributed by atoms with E-state index in [1.807, 2.05) is 6.92 Å². The predicted molar refractivity (Wildman–Crippen MR) is 115 cm³/mol. The van der Waals surface area contributed by atoms with Gasteiger partial charge in [0.1, 0.15) is 24.4 Å². The third-order valence-electron chi connectivity index (χ3n) is 5.43. The summed E-state index contributed by atoms with van der Waals surface area (Å²) in [6.45, 7) is 3.37. The van der Waals surface area contributed by atoms with Crippen LogP contribution in [0.2, 0.25) is 0 Å². The maximum absolute atomic E-state index is 13.9. The first kappa shape index (κ1) is 22.2.